The number of nitrogens with zero attached hydrogens (tertiary/aromatic N) is 2. The minimum absolute atomic E-state index is 0.190. The van der Waals surface area contributed by atoms with E-state index in [4.69, 9.17) is 14.9 Å². The fourth-order valence-corrected chi connectivity index (χ4v) is 4.02. The maximum Gasteiger partial charge on any atom is 0.292 e. The number of rotatable bonds is 4. The number of benzene rings is 2. The van der Waals surface area contributed by atoms with Gasteiger partial charge in [-0.05, 0) is 60.2 Å². The number of ether oxygens (including phenoxy) is 1. The van der Waals surface area contributed by atoms with Gasteiger partial charge in [0.25, 0.3) is 6.01 Å². The Morgan fingerprint density at radius 3 is 2.69 bits per heavy atom. The van der Waals surface area contributed by atoms with Gasteiger partial charge in [0.1, 0.15) is 5.52 Å². The van der Waals surface area contributed by atoms with Crippen molar-refractivity contribution in [2.45, 2.75) is 32.2 Å². The lowest BCUT2D eigenvalue weighted by Crippen LogP contribution is -2.28. The van der Waals surface area contributed by atoms with Crippen LogP contribution in [0.3, 0.4) is 0 Å². The predicted molar refractivity (Wildman–Crippen MR) is 116 cm³/mol. The zero-order chi connectivity index (χ0) is 19.8. The van der Waals surface area contributed by atoms with Crippen molar-refractivity contribution in [3.05, 3.63) is 48.2 Å². The molecule has 1 aliphatic heterocycles. The molecule has 6 heteroatoms. The molecule has 3 heterocycles. The van der Waals surface area contributed by atoms with Crippen LogP contribution in [0.5, 0.6) is 0 Å². The Bertz CT molecular complexity index is 1180. The van der Waals surface area contributed by atoms with Crippen LogP contribution < -0.4 is 11.1 Å². The van der Waals surface area contributed by atoms with Crippen molar-refractivity contribution in [3.8, 4) is 11.1 Å². The van der Waals surface area contributed by atoms with Gasteiger partial charge in [-0.1, -0.05) is 19.1 Å². The molecule has 1 fully saturated rings. The van der Waals surface area contributed by atoms with E-state index in [1.54, 1.807) is 0 Å². The van der Waals surface area contributed by atoms with Crippen LogP contribution in [0.4, 0.5) is 11.7 Å². The largest absolute Gasteiger partial charge is 0.424 e. The fraction of sp³-hybridized carbons (Fsp3) is 0.304. The molecule has 0 unspecified atom stereocenters. The lowest BCUT2D eigenvalue weighted by atomic mass is 9.99. The van der Waals surface area contributed by atoms with E-state index < -0.39 is 0 Å². The van der Waals surface area contributed by atoms with Gasteiger partial charge in [0.2, 0.25) is 0 Å². The van der Waals surface area contributed by atoms with Crippen LogP contribution in [0, 0.1) is 0 Å². The minimum atomic E-state index is 0.190. The molecule has 148 valence electrons. The first kappa shape index (κ1) is 17.9. The standard InChI is InChI=1S/C23H24N4O2/c1-2-14-13-25-19-5-3-15(16-4-6-21-20(12-16)27-23(24)29-21)11-18(19)22(14)26-17-7-9-28-10-8-17/h3-6,11-13,17H,2,7-10H2,1H3,(H2,24,27)(H,25,26). The Morgan fingerprint density at radius 2 is 1.86 bits per heavy atom. The van der Waals surface area contributed by atoms with Gasteiger partial charge in [-0.2, -0.15) is 4.98 Å². The topological polar surface area (TPSA) is 86.2 Å². The van der Waals surface area contributed by atoms with Crippen molar-refractivity contribution in [3.63, 3.8) is 0 Å². The SMILES string of the molecule is CCc1cnc2ccc(-c3ccc4oc(N)nc4c3)cc2c1NC1CCOCC1. The number of hydrogen-bond acceptors (Lipinski definition) is 6. The first-order valence-electron chi connectivity index (χ1n) is 10.1. The summed E-state index contributed by atoms with van der Waals surface area (Å²) in [6, 6.07) is 13.0. The van der Waals surface area contributed by atoms with Crippen LogP contribution in [0.2, 0.25) is 0 Å². The summed E-state index contributed by atoms with van der Waals surface area (Å²) >= 11 is 0. The molecule has 29 heavy (non-hydrogen) atoms. The maximum atomic E-state index is 5.69. The highest BCUT2D eigenvalue weighted by Crippen LogP contribution is 2.33. The molecule has 2 aromatic heterocycles. The van der Waals surface area contributed by atoms with E-state index in [1.807, 2.05) is 24.4 Å². The third-order valence-corrected chi connectivity index (χ3v) is 5.63. The van der Waals surface area contributed by atoms with Crippen molar-refractivity contribution in [2.75, 3.05) is 24.3 Å². The Hall–Kier alpha value is -3.12. The van der Waals surface area contributed by atoms with Crippen LogP contribution >= 0.6 is 0 Å². The van der Waals surface area contributed by atoms with Gasteiger partial charge in [-0.25, -0.2) is 0 Å². The summed E-state index contributed by atoms with van der Waals surface area (Å²) in [6.45, 7) is 3.80. The second-order valence-electron chi connectivity index (χ2n) is 7.51. The molecule has 0 bridgehead atoms. The molecule has 0 spiro atoms. The molecule has 5 rings (SSSR count). The zero-order valence-electron chi connectivity index (χ0n) is 16.4. The Balaban J connectivity index is 1.60. The molecular weight excluding hydrogens is 364 g/mol. The lowest BCUT2D eigenvalue weighted by Gasteiger charge is -2.26. The molecule has 4 aromatic rings. The normalized spacial score (nSPS) is 15.2. The molecule has 0 saturated carbocycles. The number of nitrogens with two attached hydrogens (primary N) is 1. The van der Waals surface area contributed by atoms with Crippen molar-refractivity contribution < 1.29 is 9.15 Å². The summed E-state index contributed by atoms with van der Waals surface area (Å²) in [6.07, 6.45) is 4.98. The monoisotopic (exact) mass is 388 g/mol. The minimum Gasteiger partial charge on any atom is -0.424 e. The second kappa shape index (κ2) is 7.37. The summed E-state index contributed by atoms with van der Waals surface area (Å²) < 4.78 is 10.9. The fourth-order valence-electron chi connectivity index (χ4n) is 4.02. The summed E-state index contributed by atoms with van der Waals surface area (Å²) in [5, 5.41) is 4.94. The molecule has 1 aliphatic rings. The highest BCUT2D eigenvalue weighted by atomic mass is 16.5. The number of pyridine rings is 1. The van der Waals surface area contributed by atoms with Crippen LogP contribution in [-0.4, -0.2) is 29.2 Å². The zero-order valence-corrected chi connectivity index (χ0v) is 16.4. The summed E-state index contributed by atoms with van der Waals surface area (Å²) in [5.74, 6) is 0. The van der Waals surface area contributed by atoms with E-state index >= 15 is 0 Å². The second-order valence-corrected chi connectivity index (χ2v) is 7.51. The molecule has 2 aromatic carbocycles. The average molecular weight is 388 g/mol. The molecule has 1 saturated heterocycles. The number of fused-ring (bicyclic) bond motifs is 2. The number of aryl methyl sites for hydroxylation is 1. The molecule has 0 radical (unpaired) electrons. The van der Waals surface area contributed by atoms with Crippen LogP contribution in [0.25, 0.3) is 33.1 Å². The first-order chi connectivity index (χ1) is 14.2. The smallest absolute Gasteiger partial charge is 0.292 e. The third-order valence-electron chi connectivity index (χ3n) is 5.63. The lowest BCUT2D eigenvalue weighted by molar-refractivity contribution is 0.0904. The van der Waals surface area contributed by atoms with Crippen molar-refractivity contribution >= 4 is 33.7 Å². The number of nitrogens with one attached hydrogen (secondary N) is 1. The Kier molecular flexibility index (Phi) is 4.56. The Labute approximate surface area is 169 Å². The van der Waals surface area contributed by atoms with Gasteiger partial charge < -0.3 is 20.2 Å². The number of hydrogen-bond donors (Lipinski definition) is 2. The van der Waals surface area contributed by atoms with Crippen LogP contribution in [0.1, 0.15) is 25.3 Å². The first-order valence-corrected chi connectivity index (χ1v) is 10.1. The number of nitrogen functional groups attached to an aromatic ring is 1. The molecule has 0 amide bonds. The molecular formula is C23H24N4O2. The van der Waals surface area contributed by atoms with Crippen molar-refractivity contribution in [1.29, 1.82) is 0 Å². The molecule has 6 nitrogen and oxygen atoms in total. The van der Waals surface area contributed by atoms with Gasteiger partial charge in [0.15, 0.2) is 5.58 Å². The summed E-state index contributed by atoms with van der Waals surface area (Å²) in [7, 11) is 0. The summed E-state index contributed by atoms with van der Waals surface area (Å²) in [5.41, 5.74) is 12.8. The highest BCUT2D eigenvalue weighted by molar-refractivity contribution is 5.96. The van der Waals surface area contributed by atoms with E-state index in [9.17, 15) is 0 Å². The van der Waals surface area contributed by atoms with Gasteiger partial charge in [-0.3, -0.25) is 4.98 Å². The van der Waals surface area contributed by atoms with E-state index in [2.05, 4.69) is 40.4 Å². The van der Waals surface area contributed by atoms with Crippen molar-refractivity contribution in [2.24, 2.45) is 0 Å². The van der Waals surface area contributed by atoms with E-state index in [0.717, 1.165) is 60.0 Å². The quantitative estimate of drug-likeness (QED) is 0.523. The van der Waals surface area contributed by atoms with E-state index in [-0.39, 0.29) is 6.01 Å². The van der Waals surface area contributed by atoms with Gasteiger partial charge in [-0.15, -0.1) is 0 Å². The maximum absolute atomic E-state index is 5.69. The molecule has 0 atom stereocenters. The average Bonchev–Trinajstić information content (AvgIpc) is 3.13. The van der Waals surface area contributed by atoms with Crippen molar-refractivity contribution in [1.82, 2.24) is 9.97 Å². The van der Waals surface area contributed by atoms with E-state index in [0.29, 0.717) is 11.6 Å². The molecule has 0 aliphatic carbocycles. The Morgan fingerprint density at radius 1 is 1.07 bits per heavy atom. The van der Waals surface area contributed by atoms with Gasteiger partial charge in [0.05, 0.1) is 5.52 Å². The predicted octanol–water partition coefficient (Wildman–Crippen LogP) is 4.78. The van der Waals surface area contributed by atoms with Gasteiger partial charge in [0, 0.05) is 36.5 Å². The van der Waals surface area contributed by atoms with Crippen LogP contribution in [0.15, 0.2) is 47.0 Å². The van der Waals surface area contributed by atoms with E-state index in [1.165, 1.54) is 11.3 Å². The third kappa shape index (κ3) is 3.40. The number of anilines is 2. The van der Waals surface area contributed by atoms with Gasteiger partial charge >= 0.3 is 0 Å². The molecule has 3 N–H and O–H groups in total. The number of aromatic nitrogens is 2. The summed E-state index contributed by atoms with van der Waals surface area (Å²) in [4.78, 5) is 8.94. The number of oxazole rings is 1. The highest BCUT2D eigenvalue weighted by Gasteiger charge is 2.17. The van der Waals surface area contributed by atoms with Crippen LogP contribution in [-0.2, 0) is 11.2 Å².